The Hall–Kier alpha value is -3.00. The van der Waals surface area contributed by atoms with Crippen molar-refractivity contribution in [2.45, 2.75) is 13.8 Å². The van der Waals surface area contributed by atoms with Gasteiger partial charge < -0.3 is 24.6 Å². The average Bonchev–Trinajstić information content (AvgIpc) is 3.21. The quantitative estimate of drug-likeness (QED) is 0.674. The molecule has 1 fully saturated rings. The Morgan fingerprint density at radius 1 is 1.03 bits per heavy atom. The second-order valence-corrected chi connectivity index (χ2v) is 8.37. The van der Waals surface area contributed by atoms with E-state index < -0.39 is 0 Å². The average molecular weight is 427 g/mol. The van der Waals surface area contributed by atoms with Crippen LogP contribution in [0, 0.1) is 13.8 Å². The second-order valence-electron chi connectivity index (χ2n) is 7.36. The number of anilines is 2. The van der Waals surface area contributed by atoms with Crippen molar-refractivity contribution < 1.29 is 14.3 Å². The first-order valence-corrected chi connectivity index (χ1v) is 10.7. The maximum absolute atomic E-state index is 12.7. The zero-order valence-corrected chi connectivity index (χ0v) is 18.5. The number of piperazine rings is 1. The largest absolute Gasteiger partial charge is 0.497 e. The number of rotatable bonds is 4. The van der Waals surface area contributed by atoms with Crippen LogP contribution >= 0.6 is 11.3 Å². The highest BCUT2D eigenvalue weighted by molar-refractivity contribution is 7.22. The van der Waals surface area contributed by atoms with Gasteiger partial charge in [0, 0.05) is 50.1 Å². The molecule has 0 atom stereocenters. The summed E-state index contributed by atoms with van der Waals surface area (Å²) in [5.41, 5.74) is 4.23. The van der Waals surface area contributed by atoms with Gasteiger partial charge in [0.1, 0.15) is 11.5 Å². The Kier molecular flexibility index (Phi) is 5.67. The standard InChI is InChI=1S/C22H26N4O3S/c1-14-5-6-19-20(15(14)2)24-22(30-19)26-9-7-25(8-10-26)21(27)23-16-11-17(28-3)13-18(12-16)29-4/h5-6,11-13H,7-10H2,1-4H3,(H,23,27). The molecule has 158 valence electrons. The fourth-order valence-electron chi connectivity index (χ4n) is 3.53. The van der Waals surface area contributed by atoms with Gasteiger partial charge in [0.2, 0.25) is 0 Å². The zero-order valence-electron chi connectivity index (χ0n) is 17.7. The maximum Gasteiger partial charge on any atom is 0.321 e. The molecule has 1 saturated heterocycles. The number of amides is 2. The van der Waals surface area contributed by atoms with Gasteiger partial charge in [-0.25, -0.2) is 9.78 Å². The molecule has 1 aliphatic rings. The molecule has 2 heterocycles. The Morgan fingerprint density at radius 3 is 2.33 bits per heavy atom. The highest BCUT2D eigenvalue weighted by atomic mass is 32.1. The number of hydrogen-bond donors (Lipinski definition) is 1. The number of fused-ring (bicyclic) bond motifs is 1. The molecule has 0 saturated carbocycles. The van der Waals surface area contributed by atoms with Crippen molar-refractivity contribution in [3.63, 3.8) is 0 Å². The predicted molar refractivity (Wildman–Crippen MR) is 121 cm³/mol. The van der Waals surface area contributed by atoms with Crippen LogP contribution in [0.25, 0.3) is 10.2 Å². The number of carbonyl (C=O) groups is 1. The molecule has 30 heavy (non-hydrogen) atoms. The number of nitrogens with one attached hydrogen (secondary N) is 1. The Labute approximate surface area is 180 Å². The van der Waals surface area contributed by atoms with Gasteiger partial charge in [-0.3, -0.25) is 0 Å². The first-order valence-electron chi connectivity index (χ1n) is 9.89. The molecular formula is C22H26N4O3S. The van der Waals surface area contributed by atoms with E-state index >= 15 is 0 Å². The van der Waals surface area contributed by atoms with E-state index in [1.165, 1.54) is 15.8 Å². The minimum atomic E-state index is -0.124. The van der Waals surface area contributed by atoms with Crippen LogP contribution in [0.15, 0.2) is 30.3 Å². The molecule has 7 nitrogen and oxygen atoms in total. The fraction of sp³-hybridized carbons (Fsp3) is 0.364. The van der Waals surface area contributed by atoms with Gasteiger partial charge in [-0.1, -0.05) is 17.4 Å². The lowest BCUT2D eigenvalue weighted by Gasteiger charge is -2.34. The number of carbonyl (C=O) groups excluding carboxylic acids is 1. The van der Waals surface area contributed by atoms with Gasteiger partial charge in [-0.05, 0) is 31.0 Å². The minimum absolute atomic E-state index is 0.124. The fourth-order valence-corrected chi connectivity index (χ4v) is 4.61. The Bertz CT molecular complexity index is 1050. The van der Waals surface area contributed by atoms with Gasteiger partial charge in [0.05, 0.1) is 24.4 Å². The van der Waals surface area contributed by atoms with Gasteiger partial charge in [-0.15, -0.1) is 0 Å². The summed E-state index contributed by atoms with van der Waals surface area (Å²) < 4.78 is 11.8. The number of ether oxygens (including phenoxy) is 2. The smallest absolute Gasteiger partial charge is 0.321 e. The number of methoxy groups -OCH3 is 2. The third-order valence-electron chi connectivity index (χ3n) is 5.51. The van der Waals surface area contributed by atoms with Crippen molar-refractivity contribution in [2.75, 3.05) is 50.6 Å². The van der Waals surface area contributed by atoms with E-state index in [-0.39, 0.29) is 6.03 Å². The maximum atomic E-state index is 12.7. The van der Waals surface area contributed by atoms with E-state index in [9.17, 15) is 4.79 Å². The molecule has 0 bridgehead atoms. The summed E-state index contributed by atoms with van der Waals surface area (Å²) >= 11 is 1.72. The zero-order chi connectivity index (χ0) is 21.3. The molecule has 2 aromatic carbocycles. The lowest BCUT2D eigenvalue weighted by Crippen LogP contribution is -2.50. The predicted octanol–water partition coefficient (Wildman–Crippen LogP) is 4.28. The molecular weight excluding hydrogens is 400 g/mol. The number of aromatic nitrogens is 1. The summed E-state index contributed by atoms with van der Waals surface area (Å²) in [5.74, 6) is 1.27. The van der Waals surface area contributed by atoms with Crippen molar-refractivity contribution in [1.29, 1.82) is 0 Å². The van der Waals surface area contributed by atoms with Crippen molar-refractivity contribution in [1.82, 2.24) is 9.88 Å². The summed E-state index contributed by atoms with van der Waals surface area (Å²) in [4.78, 5) is 21.7. The monoisotopic (exact) mass is 426 g/mol. The topological polar surface area (TPSA) is 66.9 Å². The minimum Gasteiger partial charge on any atom is -0.497 e. The van der Waals surface area contributed by atoms with Crippen molar-refractivity contribution >= 4 is 38.4 Å². The number of thiazole rings is 1. The van der Waals surface area contributed by atoms with E-state index in [4.69, 9.17) is 14.5 Å². The molecule has 1 N–H and O–H groups in total. The summed E-state index contributed by atoms with van der Waals surface area (Å²) in [5, 5.41) is 3.97. The molecule has 0 unspecified atom stereocenters. The number of urea groups is 1. The molecule has 2 amide bonds. The van der Waals surface area contributed by atoms with Crippen LogP contribution in [0.5, 0.6) is 11.5 Å². The van der Waals surface area contributed by atoms with E-state index in [1.54, 1.807) is 43.8 Å². The third-order valence-corrected chi connectivity index (χ3v) is 6.60. The first-order chi connectivity index (χ1) is 14.5. The van der Waals surface area contributed by atoms with E-state index in [0.29, 0.717) is 30.3 Å². The molecule has 4 rings (SSSR count). The number of aryl methyl sites for hydroxylation is 2. The second kappa shape index (κ2) is 8.39. The summed E-state index contributed by atoms with van der Waals surface area (Å²) in [6, 6.07) is 9.50. The number of hydrogen-bond acceptors (Lipinski definition) is 6. The van der Waals surface area contributed by atoms with Crippen LogP contribution in [-0.4, -0.2) is 56.3 Å². The van der Waals surface area contributed by atoms with E-state index in [0.717, 1.165) is 23.7 Å². The van der Waals surface area contributed by atoms with Gasteiger partial charge >= 0.3 is 6.03 Å². The highest BCUT2D eigenvalue weighted by Gasteiger charge is 2.23. The molecule has 0 spiro atoms. The summed E-state index contributed by atoms with van der Waals surface area (Å²) in [6.07, 6.45) is 0. The van der Waals surface area contributed by atoms with Crippen molar-refractivity contribution in [3.05, 3.63) is 41.5 Å². The highest BCUT2D eigenvalue weighted by Crippen LogP contribution is 2.32. The van der Waals surface area contributed by atoms with Crippen LogP contribution in [0.4, 0.5) is 15.6 Å². The molecule has 0 aliphatic carbocycles. The van der Waals surface area contributed by atoms with Gasteiger partial charge in [0.15, 0.2) is 5.13 Å². The first kappa shape index (κ1) is 20.3. The van der Waals surface area contributed by atoms with Crippen LogP contribution in [0.1, 0.15) is 11.1 Å². The van der Waals surface area contributed by atoms with Gasteiger partial charge in [0.25, 0.3) is 0 Å². The molecule has 3 aromatic rings. The SMILES string of the molecule is COc1cc(NC(=O)N2CCN(c3nc4c(C)c(C)ccc4s3)CC2)cc(OC)c1. The molecule has 1 aromatic heterocycles. The van der Waals surface area contributed by atoms with Crippen LogP contribution in [0.2, 0.25) is 0 Å². The van der Waals surface area contributed by atoms with Crippen molar-refractivity contribution in [2.24, 2.45) is 0 Å². The van der Waals surface area contributed by atoms with Gasteiger partial charge in [-0.2, -0.15) is 0 Å². The van der Waals surface area contributed by atoms with E-state index in [2.05, 4.69) is 36.2 Å². The molecule has 0 radical (unpaired) electrons. The molecule has 1 aliphatic heterocycles. The number of benzene rings is 2. The van der Waals surface area contributed by atoms with Crippen LogP contribution < -0.4 is 19.7 Å². The summed E-state index contributed by atoms with van der Waals surface area (Å²) in [7, 11) is 3.18. The van der Waals surface area contributed by atoms with E-state index in [1.807, 2.05) is 4.90 Å². The third kappa shape index (κ3) is 4.00. The molecule has 8 heteroatoms. The lowest BCUT2D eigenvalue weighted by molar-refractivity contribution is 0.208. The Balaban J connectivity index is 1.41. The van der Waals surface area contributed by atoms with Crippen LogP contribution in [0.3, 0.4) is 0 Å². The van der Waals surface area contributed by atoms with Crippen LogP contribution in [-0.2, 0) is 0 Å². The Morgan fingerprint density at radius 2 is 1.70 bits per heavy atom. The summed E-state index contributed by atoms with van der Waals surface area (Å²) in [6.45, 7) is 7.03. The lowest BCUT2D eigenvalue weighted by atomic mass is 10.1. The normalized spacial score (nSPS) is 14.1. The van der Waals surface area contributed by atoms with Crippen molar-refractivity contribution in [3.8, 4) is 11.5 Å². The number of nitrogens with zero attached hydrogens (tertiary/aromatic N) is 3.